The molecule has 1 aromatic rings. The highest BCUT2D eigenvalue weighted by Gasteiger charge is 2.06. The minimum Gasteiger partial charge on any atom is -0.481 e. The van der Waals surface area contributed by atoms with E-state index in [-0.39, 0.29) is 6.42 Å². The van der Waals surface area contributed by atoms with Gasteiger partial charge in [0.2, 0.25) is 0 Å². The third-order valence-electron chi connectivity index (χ3n) is 1.60. The van der Waals surface area contributed by atoms with Crippen molar-refractivity contribution < 1.29 is 15.1 Å². The second-order valence-corrected chi connectivity index (χ2v) is 2.60. The van der Waals surface area contributed by atoms with Crippen molar-refractivity contribution in [2.75, 3.05) is 11.2 Å². The molecule has 0 aromatic heterocycles. The molecule has 1 aromatic carbocycles. The Morgan fingerprint density at radius 2 is 2.23 bits per heavy atom. The molecule has 1 rings (SSSR count). The Bertz CT molecular complexity index is 325. The number of benzene rings is 1. The maximum atomic E-state index is 10.4. The third-order valence-corrected chi connectivity index (χ3v) is 1.60. The number of nitrogens with one attached hydrogen (secondary N) is 1. The van der Waals surface area contributed by atoms with Crippen molar-refractivity contribution in [3.05, 3.63) is 23.8 Å². The normalized spacial score (nSPS) is 9.62. The van der Waals surface area contributed by atoms with E-state index in [0.717, 1.165) is 0 Å². The van der Waals surface area contributed by atoms with Gasteiger partial charge >= 0.3 is 5.97 Å². The number of nitrogens with two attached hydrogens (primary N) is 1. The molecule has 0 atom stereocenters. The number of carboxylic acids is 1. The second-order valence-electron chi connectivity index (χ2n) is 2.60. The minimum absolute atomic E-state index is 0.150. The number of hydrogen-bond donors (Lipinski definition) is 4. The lowest BCUT2D eigenvalue weighted by atomic mass is 10.1. The molecule has 0 bridgehead atoms. The van der Waals surface area contributed by atoms with E-state index in [1.165, 1.54) is 6.07 Å². The van der Waals surface area contributed by atoms with Gasteiger partial charge in [-0.2, -0.15) is 0 Å². The van der Waals surface area contributed by atoms with Crippen LogP contribution in [0.4, 0.5) is 11.4 Å². The van der Waals surface area contributed by atoms with Crippen LogP contribution in [0.1, 0.15) is 5.56 Å². The molecule has 0 aliphatic rings. The van der Waals surface area contributed by atoms with Crippen LogP contribution < -0.4 is 11.2 Å². The van der Waals surface area contributed by atoms with Crippen LogP contribution in [-0.2, 0) is 11.2 Å². The van der Waals surface area contributed by atoms with Gasteiger partial charge in [-0.15, -0.1) is 0 Å². The zero-order valence-corrected chi connectivity index (χ0v) is 6.82. The summed E-state index contributed by atoms with van der Waals surface area (Å²) in [6.45, 7) is 0. The number of anilines is 2. The molecule has 0 aliphatic heterocycles. The first kappa shape index (κ1) is 9.34. The summed E-state index contributed by atoms with van der Waals surface area (Å²) in [5.74, 6) is -0.957. The Morgan fingerprint density at radius 1 is 1.54 bits per heavy atom. The minimum atomic E-state index is -0.957. The van der Waals surface area contributed by atoms with Crippen molar-refractivity contribution in [3.8, 4) is 0 Å². The Morgan fingerprint density at radius 3 is 2.77 bits per heavy atom. The Balaban J connectivity index is 2.99. The van der Waals surface area contributed by atoms with Crippen LogP contribution in [0, 0.1) is 0 Å². The van der Waals surface area contributed by atoms with Gasteiger partial charge in [-0.3, -0.25) is 15.5 Å². The molecule has 0 aliphatic carbocycles. The van der Waals surface area contributed by atoms with Crippen molar-refractivity contribution in [1.29, 1.82) is 0 Å². The number of rotatable bonds is 3. The van der Waals surface area contributed by atoms with Crippen molar-refractivity contribution in [2.24, 2.45) is 0 Å². The molecule has 5 N–H and O–H groups in total. The van der Waals surface area contributed by atoms with Crippen LogP contribution in [-0.4, -0.2) is 16.3 Å². The molecule has 0 heterocycles. The van der Waals surface area contributed by atoms with Crippen LogP contribution in [0.2, 0.25) is 0 Å². The topological polar surface area (TPSA) is 95.6 Å². The third kappa shape index (κ3) is 2.34. The van der Waals surface area contributed by atoms with Gasteiger partial charge in [0, 0.05) is 5.69 Å². The van der Waals surface area contributed by atoms with Crippen LogP contribution in [0.3, 0.4) is 0 Å². The number of aliphatic carboxylic acids is 1. The van der Waals surface area contributed by atoms with Gasteiger partial charge in [0.05, 0.1) is 12.1 Å². The van der Waals surface area contributed by atoms with E-state index in [9.17, 15) is 4.79 Å². The van der Waals surface area contributed by atoms with E-state index in [0.29, 0.717) is 16.9 Å². The highest BCUT2D eigenvalue weighted by Crippen LogP contribution is 2.18. The highest BCUT2D eigenvalue weighted by atomic mass is 16.5. The molecule has 5 nitrogen and oxygen atoms in total. The van der Waals surface area contributed by atoms with Gasteiger partial charge in [-0.25, -0.2) is 0 Å². The van der Waals surface area contributed by atoms with Gasteiger partial charge in [0.25, 0.3) is 0 Å². The summed E-state index contributed by atoms with van der Waals surface area (Å²) >= 11 is 0. The molecule has 5 heteroatoms. The van der Waals surface area contributed by atoms with Gasteiger partial charge in [-0.05, 0) is 17.7 Å². The van der Waals surface area contributed by atoms with Crippen LogP contribution in [0.5, 0.6) is 0 Å². The number of carbonyl (C=O) groups is 1. The van der Waals surface area contributed by atoms with E-state index in [4.69, 9.17) is 16.0 Å². The van der Waals surface area contributed by atoms with E-state index in [1.807, 2.05) is 5.48 Å². The van der Waals surface area contributed by atoms with Gasteiger partial charge in [0.1, 0.15) is 0 Å². The molecule has 13 heavy (non-hydrogen) atoms. The lowest BCUT2D eigenvalue weighted by molar-refractivity contribution is -0.136. The first-order valence-electron chi connectivity index (χ1n) is 3.64. The van der Waals surface area contributed by atoms with Crippen molar-refractivity contribution in [3.63, 3.8) is 0 Å². The number of hydrogen-bond acceptors (Lipinski definition) is 4. The monoisotopic (exact) mass is 182 g/mol. The largest absolute Gasteiger partial charge is 0.481 e. The molecule has 0 saturated heterocycles. The summed E-state index contributed by atoms with van der Waals surface area (Å²) in [7, 11) is 0. The first-order chi connectivity index (χ1) is 6.13. The predicted molar refractivity (Wildman–Crippen MR) is 47.6 cm³/mol. The fourth-order valence-electron chi connectivity index (χ4n) is 1.02. The summed E-state index contributed by atoms with van der Waals surface area (Å²) in [6, 6.07) is 4.61. The van der Waals surface area contributed by atoms with Crippen LogP contribution >= 0.6 is 0 Å². The number of nitrogen functional groups attached to an aromatic ring is 1. The molecule has 70 valence electrons. The van der Waals surface area contributed by atoms with E-state index in [2.05, 4.69) is 0 Å². The zero-order valence-electron chi connectivity index (χ0n) is 6.82. The lowest BCUT2D eigenvalue weighted by Crippen LogP contribution is -2.04. The van der Waals surface area contributed by atoms with Gasteiger partial charge in [0.15, 0.2) is 0 Å². The Labute approximate surface area is 74.8 Å². The van der Waals surface area contributed by atoms with Crippen LogP contribution in [0.15, 0.2) is 18.2 Å². The highest BCUT2D eigenvalue weighted by molar-refractivity contribution is 5.74. The molecule has 0 saturated carbocycles. The molecule has 0 unspecified atom stereocenters. The van der Waals surface area contributed by atoms with E-state index < -0.39 is 5.97 Å². The maximum absolute atomic E-state index is 10.4. The summed E-state index contributed by atoms with van der Waals surface area (Å²) in [5, 5.41) is 17.2. The second kappa shape index (κ2) is 3.77. The van der Waals surface area contributed by atoms with Crippen molar-refractivity contribution >= 4 is 17.3 Å². The van der Waals surface area contributed by atoms with Gasteiger partial charge < -0.3 is 10.8 Å². The quantitative estimate of drug-likeness (QED) is 0.407. The van der Waals surface area contributed by atoms with Crippen molar-refractivity contribution in [1.82, 2.24) is 0 Å². The molecule has 0 amide bonds. The summed E-state index contributed by atoms with van der Waals surface area (Å²) < 4.78 is 0. The van der Waals surface area contributed by atoms with E-state index in [1.54, 1.807) is 12.1 Å². The SMILES string of the molecule is Nc1ccc(CC(=O)O)c(NO)c1. The summed E-state index contributed by atoms with van der Waals surface area (Å²) in [6.07, 6.45) is -0.150. The predicted octanol–water partition coefficient (Wildman–Crippen LogP) is 0.697. The Hall–Kier alpha value is -1.75. The van der Waals surface area contributed by atoms with Crippen LogP contribution in [0.25, 0.3) is 0 Å². The molecular formula is C8H10N2O3. The summed E-state index contributed by atoms with van der Waals surface area (Å²) in [5.41, 5.74) is 8.61. The maximum Gasteiger partial charge on any atom is 0.307 e. The van der Waals surface area contributed by atoms with E-state index >= 15 is 0 Å². The molecular weight excluding hydrogens is 172 g/mol. The average molecular weight is 182 g/mol. The molecule has 0 spiro atoms. The summed E-state index contributed by atoms with van der Waals surface area (Å²) in [4.78, 5) is 10.4. The Kier molecular flexibility index (Phi) is 2.71. The van der Waals surface area contributed by atoms with Gasteiger partial charge in [-0.1, -0.05) is 6.07 Å². The smallest absolute Gasteiger partial charge is 0.307 e. The standard InChI is InChI=1S/C8H10N2O3/c9-6-2-1-5(3-8(11)12)7(4-6)10-13/h1-2,4,10,13H,3,9H2,(H,11,12). The fraction of sp³-hybridized carbons (Fsp3) is 0.125. The molecule has 0 radical (unpaired) electrons. The molecule has 0 fully saturated rings. The number of carboxylic acid groups (broad SMARTS) is 1. The van der Waals surface area contributed by atoms with Crippen molar-refractivity contribution in [2.45, 2.75) is 6.42 Å². The fourth-order valence-corrected chi connectivity index (χ4v) is 1.02. The average Bonchev–Trinajstić information content (AvgIpc) is 2.07. The zero-order chi connectivity index (χ0) is 9.84. The first-order valence-corrected chi connectivity index (χ1v) is 3.64. The lowest BCUT2D eigenvalue weighted by Gasteiger charge is -2.06.